The molecule has 0 bridgehead atoms. The molecule has 1 aliphatic heterocycles. The van der Waals surface area contributed by atoms with Crippen molar-refractivity contribution >= 4 is 17.7 Å². The van der Waals surface area contributed by atoms with Gasteiger partial charge in [0.15, 0.2) is 0 Å². The first-order valence-electron chi connectivity index (χ1n) is 8.48. The summed E-state index contributed by atoms with van der Waals surface area (Å²) in [7, 11) is 0. The van der Waals surface area contributed by atoms with Gasteiger partial charge in [-0.25, -0.2) is 4.79 Å². The average Bonchev–Trinajstić information content (AvgIpc) is 3.08. The maximum atomic E-state index is 11.6. The van der Waals surface area contributed by atoms with Gasteiger partial charge in [0.05, 0.1) is 6.54 Å². The van der Waals surface area contributed by atoms with Crippen molar-refractivity contribution in [3.63, 3.8) is 0 Å². The van der Waals surface area contributed by atoms with E-state index in [0.717, 1.165) is 35.3 Å². The molecule has 0 fully saturated rings. The number of hydrogen-bond acceptors (Lipinski definition) is 3. The van der Waals surface area contributed by atoms with Crippen LogP contribution in [0.2, 0.25) is 0 Å². The SMILES string of the molecule is CC(=O)N1CCc2cc(C#CCNC(=O)OCc3ccccc3)ccc21. The molecule has 0 aromatic heterocycles. The molecule has 26 heavy (non-hydrogen) atoms. The van der Waals surface area contributed by atoms with E-state index < -0.39 is 6.09 Å². The number of nitrogens with zero attached hydrogens (tertiary/aromatic N) is 1. The highest BCUT2D eigenvalue weighted by Gasteiger charge is 2.21. The van der Waals surface area contributed by atoms with Gasteiger partial charge in [-0.1, -0.05) is 42.2 Å². The molecular formula is C21H20N2O3. The molecule has 0 saturated carbocycles. The Morgan fingerprint density at radius 1 is 1.19 bits per heavy atom. The Morgan fingerprint density at radius 2 is 2.00 bits per heavy atom. The number of anilines is 1. The Balaban J connectivity index is 1.48. The minimum atomic E-state index is -0.491. The molecule has 2 aromatic rings. The third-order valence-corrected chi connectivity index (χ3v) is 4.12. The summed E-state index contributed by atoms with van der Waals surface area (Å²) in [6.07, 6.45) is 0.350. The van der Waals surface area contributed by atoms with Crippen molar-refractivity contribution < 1.29 is 14.3 Å². The zero-order valence-corrected chi connectivity index (χ0v) is 14.6. The number of amides is 2. The third kappa shape index (κ3) is 4.42. The summed E-state index contributed by atoms with van der Waals surface area (Å²) < 4.78 is 5.12. The van der Waals surface area contributed by atoms with Gasteiger partial charge in [0.2, 0.25) is 5.91 Å². The normalized spacial score (nSPS) is 12.0. The van der Waals surface area contributed by atoms with Crippen LogP contribution < -0.4 is 10.2 Å². The van der Waals surface area contributed by atoms with Crippen molar-refractivity contribution in [2.75, 3.05) is 18.0 Å². The molecule has 5 heteroatoms. The van der Waals surface area contributed by atoms with E-state index in [2.05, 4.69) is 17.2 Å². The number of hydrogen-bond donors (Lipinski definition) is 1. The van der Waals surface area contributed by atoms with E-state index in [1.54, 1.807) is 11.8 Å². The summed E-state index contributed by atoms with van der Waals surface area (Å²) >= 11 is 0. The van der Waals surface area contributed by atoms with Gasteiger partial charge in [-0.2, -0.15) is 0 Å². The summed E-state index contributed by atoms with van der Waals surface area (Å²) in [4.78, 5) is 25.0. The van der Waals surface area contributed by atoms with Gasteiger partial charge in [-0.05, 0) is 35.7 Å². The molecule has 0 spiro atoms. The first-order chi connectivity index (χ1) is 12.6. The van der Waals surface area contributed by atoms with E-state index in [1.807, 2.05) is 48.5 Å². The van der Waals surface area contributed by atoms with Gasteiger partial charge < -0.3 is 15.0 Å². The Morgan fingerprint density at radius 3 is 2.77 bits per heavy atom. The molecule has 0 radical (unpaired) electrons. The number of carbonyl (C=O) groups is 2. The van der Waals surface area contributed by atoms with E-state index in [0.29, 0.717) is 0 Å². The average molecular weight is 348 g/mol. The summed E-state index contributed by atoms with van der Waals surface area (Å²) in [5, 5.41) is 2.61. The zero-order chi connectivity index (χ0) is 18.4. The van der Waals surface area contributed by atoms with Crippen molar-refractivity contribution in [2.24, 2.45) is 0 Å². The summed E-state index contributed by atoms with van der Waals surface area (Å²) in [5.41, 5.74) is 3.90. The largest absolute Gasteiger partial charge is 0.445 e. The van der Waals surface area contributed by atoms with Crippen LogP contribution in [0, 0.1) is 11.8 Å². The molecule has 0 atom stereocenters. The Hall–Kier alpha value is -3.26. The van der Waals surface area contributed by atoms with E-state index in [1.165, 1.54) is 0 Å². The van der Waals surface area contributed by atoms with Crippen LogP contribution in [0.4, 0.5) is 10.5 Å². The maximum Gasteiger partial charge on any atom is 0.408 e. The highest BCUT2D eigenvalue weighted by Crippen LogP contribution is 2.28. The molecule has 1 N–H and O–H groups in total. The van der Waals surface area contributed by atoms with E-state index in [9.17, 15) is 9.59 Å². The second kappa shape index (κ2) is 8.21. The fraction of sp³-hybridized carbons (Fsp3) is 0.238. The van der Waals surface area contributed by atoms with Crippen molar-refractivity contribution in [1.29, 1.82) is 0 Å². The lowest BCUT2D eigenvalue weighted by atomic mass is 10.1. The molecule has 3 rings (SSSR count). The smallest absolute Gasteiger partial charge is 0.408 e. The van der Waals surface area contributed by atoms with Crippen molar-refractivity contribution in [2.45, 2.75) is 20.0 Å². The Kier molecular flexibility index (Phi) is 5.55. The minimum Gasteiger partial charge on any atom is -0.445 e. The van der Waals surface area contributed by atoms with Crippen molar-refractivity contribution in [3.05, 3.63) is 65.2 Å². The molecule has 0 saturated heterocycles. The van der Waals surface area contributed by atoms with E-state index in [4.69, 9.17) is 4.74 Å². The van der Waals surface area contributed by atoms with Gasteiger partial charge in [-0.15, -0.1) is 0 Å². The second-order valence-corrected chi connectivity index (χ2v) is 5.98. The standard InChI is InChI=1S/C21H20N2O3/c1-16(24)23-13-11-19-14-17(9-10-20(19)23)8-5-12-22-21(25)26-15-18-6-3-2-4-7-18/h2-4,6-7,9-10,14H,11-13,15H2,1H3,(H,22,25). The minimum absolute atomic E-state index is 0.0563. The summed E-state index contributed by atoms with van der Waals surface area (Å²) in [6.45, 7) is 2.74. The molecule has 1 aliphatic rings. The molecule has 132 valence electrons. The van der Waals surface area contributed by atoms with Crippen molar-refractivity contribution in [3.8, 4) is 11.8 Å². The van der Waals surface area contributed by atoms with Gasteiger partial charge >= 0.3 is 6.09 Å². The second-order valence-electron chi connectivity index (χ2n) is 5.98. The van der Waals surface area contributed by atoms with Crippen LogP contribution in [0.25, 0.3) is 0 Å². The zero-order valence-electron chi connectivity index (χ0n) is 14.6. The van der Waals surface area contributed by atoms with Crippen LogP contribution in [0.3, 0.4) is 0 Å². The monoisotopic (exact) mass is 348 g/mol. The number of nitrogens with one attached hydrogen (secondary N) is 1. The van der Waals surface area contributed by atoms with Crippen LogP contribution >= 0.6 is 0 Å². The van der Waals surface area contributed by atoms with E-state index >= 15 is 0 Å². The number of rotatable bonds is 3. The number of ether oxygens (including phenoxy) is 1. The number of alkyl carbamates (subject to hydrolysis) is 1. The first kappa shape index (κ1) is 17.6. The van der Waals surface area contributed by atoms with Crippen LogP contribution in [0.15, 0.2) is 48.5 Å². The van der Waals surface area contributed by atoms with Crippen molar-refractivity contribution in [1.82, 2.24) is 5.32 Å². The molecule has 2 amide bonds. The van der Waals surface area contributed by atoms with Gasteiger partial charge in [0.25, 0.3) is 0 Å². The quantitative estimate of drug-likeness (QED) is 0.868. The van der Waals surface area contributed by atoms with Crippen LogP contribution in [-0.2, 0) is 22.6 Å². The Labute approximate surface area is 153 Å². The molecule has 5 nitrogen and oxygen atoms in total. The number of carbonyl (C=O) groups excluding carboxylic acids is 2. The van der Waals surface area contributed by atoms with Crippen LogP contribution in [0.5, 0.6) is 0 Å². The Bertz CT molecular complexity index is 866. The lowest BCUT2D eigenvalue weighted by molar-refractivity contribution is -0.116. The fourth-order valence-corrected chi connectivity index (χ4v) is 2.84. The topological polar surface area (TPSA) is 58.6 Å². The first-order valence-corrected chi connectivity index (χ1v) is 8.48. The molecule has 2 aromatic carbocycles. The van der Waals surface area contributed by atoms with Gasteiger partial charge in [0, 0.05) is 24.7 Å². The summed E-state index contributed by atoms with van der Waals surface area (Å²) in [5.74, 6) is 5.99. The number of benzene rings is 2. The molecule has 0 unspecified atom stereocenters. The number of fused-ring (bicyclic) bond motifs is 1. The van der Waals surface area contributed by atoms with Crippen LogP contribution in [0.1, 0.15) is 23.6 Å². The van der Waals surface area contributed by atoms with Gasteiger partial charge in [0.1, 0.15) is 6.61 Å². The summed E-state index contributed by atoms with van der Waals surface area (Å²) in [6, 6.07) is 15.3. The third-order valence-electron chi connectivity index (χ3n) is 4.12. The predicted octanol–water partition coefficient (Wildman–Crippen LogP) is 2.87. The molecular weight excluding hydrogens is 328 g/mol. The predicted molar refractivity (Wildman–Crippen MR) is 99.7 cm³/mol. The lowest BCUT2D eigenvalue weighted by Gasteiger charge is -2.14. The highest BCUT2D eigenvalue weighted by atomic mass is 16.5. The maximum absolute atomic E-state index is 11.6. The molecule has 1 heterocycles. The fourth-order valence-electron chi connectivity index (χ4n) is 2.84. The van der Waals surface area contributed by atoms with Crippen LogP contribution in [-0.4, -0.2) is 25.1 Å². The van der Waals surface area contributed by atoms with Gasteiger partial charge in [-0.3, -0.25) is 4.79 Å². The molecule has 0 aliphatic carbocycles. The highest BCUT2D eigenvalue weighted by molar-refractivity contribution is 5.93. The lowest BCUT2D eigenvalue weighted by Crippen LogP contribution is -2.25. The van der Waals surface area contributed by atoms with E-state index in [-0.39, 0.29) is 19.1 Å².